The number of amides is 2. The molecule has 6 heteroatoms. The summed E-state index contributed by atoms with van der Waals surface area (Å²) in [5.41, 5.74) is 9.02. The second-order valence-electron chi connectivity index (χ2n) is 8.55. The average molecular weight is 422 g/mol. The van der Waals surface area contributed by atoms with Gasteiger partial charge in [0.15, 0.2) is 0 Å². The molecule has 1 saturated heterocycles. The Bertz CT molecular complexity index is 912. The third-order valence-electron chi connectivity index (χ3n) is 6.56. The van der Waals surface area contributed by atoms with Crippen molar-refractivity contribution in [2.24, 2.45) is 11.8 Å². The van der Waals surface area contributed by atoms with Crippen LogP contribution in [0.25, 0.3) is 0 Å². The smallest absolute Gasteiger partial charge is 0.251 e. The van der Waals surface area contributed by atoms with Gasteiger partial charge in [0.1, 0.15) is 5.75 Å². The topological polar surface area (TPSA) is 79.5 Å². The van der Waals surface area contributed by atoms with Crippen LogP contribution in [0.2, 0.25) is 0 Å². The summed E-state index contributed by atoms with van der Waals surface area (Å²) in [5, 5.41) is 3.02. The van der Waals surface area contributed by atoms with Gasteiger partial charge in [0.05, 0.1) is 7.11 Å². The van der Waals surface area contributed by atoms with Crippen LogP contribution in [0.5, 0.6) is 5.75 Å². The van der Waals surface area contributed by atoms with Crippen LogP contribution in [-0.4, -0.2) is 31.5 Å². The molecule has 2 fully saturated rings. The zero-order valence-electron chi connectivity index (χ0n) is 18.0. The highest BCUT2D eigenvalue weighted by atomic mass is 16.5. The largest absolute Gasteiger partial charge is 0.497 e. The summed E-state index contributed by atoms with van der Waals surface area (Å²) in [4.78, 5) is 24.8. The van der Waals surface area contributed by atoms with Crippen LogP contribution in [0.3, 0.4) is 0 Å². The molecule has 4 rings (SSSR count). The van der Waals surface area contributed by atoms with Gasteiger partial charge in [-0.05, 0) is 67.0 Å². The number of carbonyl (C=O) groups excluding carboxylic acids is 2. The van der Waals surface area contributed by atoms with E-state index in [0.717, 1.165) is 49.0 Å². The van der Waals surface area contributed by atoms with E-state index in [1.165, 1.54) is 6.42 Å². The van der Waals surface area contributed by atoms with Crippen molar-refractivity contribution in [2.45, 2.75) is 44.6 Å². The van der Waals surface area contributed by atoms with Gasteiger partial charge in [-0.1, -0.05) is 37.1 Å². The van der Waals surface area contributed by atoms with Gasteiger partial charge in [0, 0.05) is 24.1 Å². The number of hydrogen-bond acceptors (Lipinski definition) is 4. The Balaban J connectivity index is 1.33. The van der Waals surface area contributed by atoms with Crippen LogP contribution >= 0.6 is 0 Å². The van der Waals surface area contributed by atoms with E-state index < -0.39 is 0 Å². The van der Waals surface area contributed by atoms with Gasteiger partial charge < -0.3 is 10.1 Å². The fourth-order valence-corrected chi connectivity index (χ4v) is 4.84. The quantitative estimate of drug-likeness (QED) is 0.642. The van der Waals surface area contributed by atoms with Gasteiger partial charge in [-0.3, -0.25) is 15.0 Å². The molecule has 3 atom stereocenters. The Morgan fingerprint density at radius 3 is 2.71 bits per heavy atom. The SMILES string of the molecule is COc1ccc(CCNC(=O)c2cccc(CC3NNC(=O)C4CCCCC34)c2)cc1. The minimum Gasteiger partial charge on any atom is -0.497 e. The highest BCUT2D eigenvalue weighted by Gasteiger charge is 2.39. The van der Waals surface area contributed by atoms with Crippen molar-refractivity contribution in [3.05, 3.63) is 65.2 Å². The van der Waals surface area contributed by atoms with E-state index in [2.05, 4.69) is 22.2 Å². The second-order valence-corrected chi connectivity index (χ2v) is 8.55. The molecular formula is C25H31N3O3. The monoisotopic (exact) mass is 421 g/mol. The molecule has 0 radical (unpaired) electrons. The number of benzene rings is 2. The number of nitrogens with one attached hydrogen (secondary N) is 3. The summed E-state index contributed by atoms with van der Waals surface area (Å²) in [6.45, 7) is 0.579. The number of rotatable bonds is 7. The van der Waals surface area contributed by atoms with Crippen LogP contribution in [0, 0.1) is 11.8 Å². The van der Waals surface area contributed by atoms with Crippen molar-refractivity contribution in [3.8, 4) is 5.75 Å². The summed E-state index contributed by atoms with van der Waals surface area (Å²) in [6, 6.07) is 15.9. The molecule has 2 aromatic carbocycles. The number of hydrazine groups is 1. The van der Waals surface area contributed by atoms with E-state index in [0.29, 0.717) is 18.0 Å². The van der Waals surface area contributed by atoms with Crippen molar-refractivity contribution >= 4 is 11.8 Å². The number of hydrogen-bond donors (Lipinski definition) is 3. The van der Waals surface area contributed by atoms with Crippen LogP contribution in [0.1, 0.15) is 47.2 Å². The van der Waals surface area contributed by atoms with Crippen molar-refractivity contribution in [1.29, 1.82) is 0 Å². The molecule has 164 valence electrons. The lowest BCUT2D eigenvalue weighted by molar-refractivity contribution is -0.133. The molecule has 2 amide bonds. The third kappa shape index (κ3) is 5.25. The van der Waals surface area contributed by atoms with E-state index in [4.69, 9.17) is 4.74 Å². The fourth-order valence-electron chi connectivity index (χ4n) is 4.84. The lowest BCUT2D eigenvalue weighted by atomic mass is 9.72. The third-order valence-corrected chi connectivity index (χ3v) is 6.56. The van der Waals surface area contributed by atoms with E-state index in [-0.39, 0.29) is 23.8 Å². The first-order valence-electron chi connectivity index (χ1n) is 11.2. The molecule has 0 bridgehead atoms. The normalized spacial score (nSPS) is 22.9. The summed E-state index contributed by atoms with van der Waals surface area (Å²) >= 11 is 0. The van der Waals surface area contributed by atoms with Gasteiger partial charge in [0.2, 0.25) is 5.91 Å². The molecule has 2 aromatic rings. The van der Waals surface area contributed by atoms with Gasteiger partial charge in [0.25, 0.3) is 5.91 Å². The Labute approximate surface area is 183 Å². The predicted octanol–water partition coefficient (Wildman–Crippen LogP) is 3.02. The Hall–Kier alpha value is -2.86. The molecule has 0 aromatic heterocycles. The Morgan fingerprint density at radius 1 is 1.10 bits per heavy atom. The zero-order valence-corrected chi connectivity index (χ0v) is 18.0. The molecule has 31 heavy (non-hydrogen) atoms. The maximum absolute atomic E-state index is 12.6. The standard InChI is InChI=1S/C25H31N3O3/c1-31-20-11-9-17(10-12-20)13-14-26-24(29)19-6-4-5-18(15-19)16-23-21-7-2-3-8-22(21)25(30)28-27-23/h4-6,9-12,15,21-23,27H,2-3,7-8,13-14,16H2,1H3,(H,26,29)(H,28,30). The molecule has 1 aliphatic heterocycles. The van der Waals surface area contributed by atoms with Crippen LogP contribution in [0.15, 0.2) is 48.5 Å². The number of fused-ring (bicyclic) bond motifs is 1. The van der Waals surface area contributed by atoms with Crippen LogP contribution in [-0.2, 0) is 17.6 Å². The Morgan fingerprint density at radius 2 is 1.90 bits per heavy atom. The number of ether oxygens (including phenoxy) is 1. The van der Waals surface area contributed by atoms with Crippen LogP contribution in [0.4, 0.5) is 0 Å². The first kappa shape index (κ1) is 21.4. The van der Waals surface area contributed by atoms with Crippen molar-refractivity contribution in [2.75, 3.05) is 13.7 Å². The molecule has 0 spiro atoms. The minimum atomic E-state index is -0.0594. The van der Waals surface area contributed by atoms with Gasteiger partial charge >= 0.3 is 0 Å². The average Bonchev–Trinajstić information content (AvgIpc) is 2.82. The maximum Gasteiger partial charge on any atom is 0.251 e. The van der Waals surface area contributed by atoms with Crippen molar-refractivity contribution < 1.29 is 14.3 Å². The lowest BCUT2D eigenvalue weighted by Gasteiger charge is -2.41. The predicted molar refractivity (Wildman–Crippen MR) is 120 cm³/mol. The molecular weight excluding hydrogens is 390 g/mol. The number of carbonyl (C=O) groups is 2. The summed E-state index contributed by atoms with van der Waals surface area (Å²) in [6.07, 6.45) is 5.95. The van der Waals surface area contributed by atoms with Gasteiger partial charge in [-0.2, -0.15) is 0 Å². The highest BCUT2D eigenvalue weighted by Crippen LogP contribution is 2.35. The molecule has 3 N–H and O–H groups in total. The fraction of sp³-hybridized carbons (Fsp3) is 0.440. The van der Waals surface area contributed by atoms with E-state index >= 15 is 0 Å². The van der Waals surface area contributed by atoms with Crippen molar-refractivity contribution in [1.82, 2.24) is 16.2 Å². The van der Waals surface area contributed by atoms with Gasteiger partial charge in [-0.15, -0.1) is 0 Å². The summed E-state index contributed by atoms with van der Waals surface area (Å²) < 4.78 is 5.17. The van der Waals surface area contributed by atoms with E-state index in [1.54, 1.807) is 7.11 Å². The second kappa shape index (κ2) is 9.96. The number of methoxy groups -OCH3 is 1. The molecule has 1 heterocycles. The first-order chi connectivity index (χ1) is 15.1. The molecule has 1 aliphatic carbocycles. The molecule has 2 aliphatic rings. The van der Waals surface area contributed by atoms with Crippen LogP contribution < -0.4 is 20.9 Å². The Kier molecular flexibility index (Phi) is 6.87. The van der Waals surface area contributed by atoms with E-state index in [1.807, 2.05) is 42.5 Å². The van der Waals surface area contributed by atoms with Crippen molar-refractivity contribution in [3.63, 3.8) is 0 Å². The van der Waals surface area contributed by atoms with Gasteiger partial charge in [-0.25, -0.2) is 5.43 Å². The summed E-state index contributed by atoms with van der Waals surface area (Å²) in [5.74, 6) is 1.38. The van der Waals surface area contributed by atoms with E-state index in [9.17, 15) is 9.59 Å². The minimum absolute atomic E-state index is 0.0594. The zero-order chi connectivity index (χ0) is 21.6. The summed E-state index contributed by atoms with van der Waals surface area (Å²) in [7, 11) is 1.65. The first-order valence-corrected chi connectivity index (χ1v) is 11.2. The maximum atomic E-state index is 12.6. The lowest BCUT2D eigenvalue weighted by Crippen LogP contribution is -2.60. The highest BCUT2D eigenvalue weighted by molar-refractivity contribution is 5.94. The molecule has 6 nitrogen and oxygen atoms in total. The molecule has 1 saturated carbocycles. The molecule has 3 unspecified atom stereocenters.